The Morgan fingerprint density at radius 2 is 1.84 bits per heavy atom. The first kappa shape index (κ1) is 18.4. The second kappa shape index (κ2) is 6.41. The van der Waals surface area contributed by atoms with Crippen LogP contribution < -0.4 is 10.0 Å². The zero-order chi connectivity index (χ0) is 18.4. The standard InChI is InChI=1S/C17H27N3O4S/c1-17(2,3)19-25(22,23)15-8-7-14(24-15)16(21)20(4)13-9-11-5-6-12(10-13)18-11/h7-8,11-13,18-19H,5-6,9-10H2,1-4H3. The highest BCUT2D eigenvalue weighted by Crippen LogP contribution is 2.30. The highest BCUT2D eigenvalue weighted by atomic mass is 32.2. The van der Waals surface area contributed by atoms with Gasteiger partial charge in [-0.1, -0.05) is 0 Å². The van der Waals surface area contributed by atoms with E-state index in [-0.39, 0.29) is 22.8 Å². The summed E-state index contributed by atoms with van der Waals surface area (Å²) >= 11 is 0. The van der Waals surface area contributed by atoms with Crippen LogP contribution in [0.1, 0.15) is 57.0 Å². The number of nitrogens with one attached hydrogen (secondary N) is 2. The van der Waals surface area contributed by atoms with Crippen molar-refractivity contribution in [3.8, 4) is 0 Å². The van der Waals surface area contributed by atoms with Gasteiger partial charge in [0.1, 0.15) is 0 Å². The summed E-state index contributed by atoms with van der Waals surface area (Å²) in [6.07, 6.45) is 4.17. The number of fused-ring (bicyclic) bond motifs is 2. The lowest BCUT2D eigenvalue weighted by atomic mass is 9.98. The van der Waals surface area contributed by atoms with E-state index in [9.17, 15) is 13.2 Å². The Kier molecular flexibility index (Phi) is 4.72. The van der Waals surface area contributed by atoms with E-state index >= 15 is 0 Å². The highest BCUT2D eigenvalue weighted by molar-refractivity contribution is 7.89. The number of hydrogen-bond acceptors (Lipinski definition) is 5. The zero-order valence-corrected chi connectivity index (χ0v) is 16.0. The van der Waals surface area contributed by atoms with E-state index in [0.29, 0.717) is 12.1 Å². The van der Waals surface area contributed by atoms with Gasteiger partial charge in [-0.3, -0.25) is 4.79 Å². The van der Waals surface area contributed by atoms with E-state index in [1.165, 1.54) is 12.1 Å². The van der Waals surface area contributed by atoms with Crippen LogP contribution in [0.5, 0.6) is 0 Å². The lowest BCUT2D eigenvalue weighted by molar-refractivity contribution is 0.0644. The van der Waals surface area contributed by atoms with E-state index in [4.69, 9.17) is 4.42 Å². The van der Waals surface area contributed by atoms with Crippen LogP contribution in [0.3, 0.4) is 0 Å². The Bertz CT molecular complexity index is 738. The molecule has 7 nitrogen and oxygen atoms in total. The molecule has 2 atom stereocenters. The molecule has 0 radical (unpaired) electrons. The van der Waals surface area contributed by atoms with Crippen molar-refractivity contribution in [2.24, 2.45) is 0 Å². The highest BCUT2D eigenvalue weighted by Gasteiger charge is 2.37. The lowest BCUT2D eigenvalue weighted by Gasteiger charge is -2.35. The largest absolute Gasteiger partial charge is 0.438 e. The van der Waals surface area contributed by atoms with Gasteiger partial charge in [0.15, 0.2) is 5.76 Å². The van der Waals surface area contributed by atoms with Crippen molar-refractivity contribution < 1.29 is 17.6 Å². The van der Waals surface area contributed by atoms with Crippen molar-refractivity contribution in [2.75, 3.05) is 7.05 Å². The van der Waals surface area contributed by atoms with E-state index in [1.54, 1.807) is 32.7 Å². The van der Waals surface area contributed by atoms with Crippen LogP contribution >= 0.6 is 0 Å². The summed E-state index contributed by atoms with van der Waals surface area (Å²) in [4.78, 5) is 14.4. The van der Waals surface area contributed by atoms with Crippen molar-refractivity contribution >= 4 is 15.9 Å². The molecule has 140 valence electrons. The van der Waals surface area contributed by atoms with Gasteiger partial charge < -0.3 is 14.6 Å². The molecule has 0 saturated carbocycles. The topological polar surface area (TPSA) is 91.7 Å². The minimum atomic E-state index is -3.79. The third-order valence-electron chi connectivity index (χ3n) is 4.81. The Morgan fingerprint density at radius 1 is 1.24 bits per heavy atom. The maximum absolute atomic E-state index is 12.7. The molecule has 3 heterocycles. The zero-order valence-electron chi connectivity index (χ0n) is 15.2. The number of piperidine rings is 1. The molecule has 2 N–H and O–H groups in total. The maximum Gasteiger partial charge on any atom is 0.289 e. The van der Waals surface area contributed by atoms with Crippen molar-refractivity contribution in [3.05, 3.63) is 17.9 Å². The number of sulfonamides is 1. The van der Waals surface area contributed by atoms with Gasteiger partial charge in [-0.15, -0.1) is 0 Å². The summed E-state index contributed by atoms with van der Waals surface area (Å²) in [5.41, 5.74) is -0.624. The van der Waals surface area contributed by atoms with E-state index in [1.807, 2.05) is 0 Å². The third-order valence-corrected chi connectivity index (χ3v) is 6.44. The molecule has 25 heavy (non-hydrogen) atoms. The normalized spacial score (nSPS) is 26.6. The van der Waals surface area contributed by atoms with E-state index in [0.717, 1.165) is 25.7 Å². The predicted molar refractivity (Wildman–Crippen MR) is 93.8 cm³/mol. The SMILES string of the molecule is CN(C(=O)c1ccc(S(=O)(=O)NC(C)(C)C)o1)C1CC2CCC(C1)N2. The molecule has 2 aliphatic heterocycles. The molecular formula is C17H27N3O4S. The quantitative estimate of drug-likeness (QED) is 0.843. The van der Waals surface area contributed by atoms with Crippen molar-refractivity contribution in [1.29, 1.82) is 0 Å². The molecule has 2 aliphatic rings. The fraction of sp³-hybridized carbons (Fsp3) is 0.706. The summed E-state index contributed by atoms with van der Waals surface area (Å²) in [5, 5.41) is 3.32. The molecule has 1 aromatic heterocycles. The van der Waals surface area contributed by atoms with Gasteiger partial charge in [0, 0.05) is 30.7 Å². The van der Waals surface area contributed by atoms with Crippen LogP contribution in [0.15, 0.2) is 21.6 Å². The Labute approximate surface area is 149 Å². The number of rotatable bonds is 4. The van der Waals surface area contributed by atoms with Crippen LogP contribution in [0.25, 0.3) is 0 Å². The molecule has 2 bridgehead atoms. The number of nitrogens with zero attached hydrogens (tertiary/aromatic N) is 1. The van der Waals surface area contributed by atoms with Gasteiger partial charge in [0.25, 0.3) is 15.9 Å². The third kappa shape index (κ3) is 4.07. The van der Waals surface area contributed by atoms with Gasteiger partial charge in [-0.25, -0.2) is 13.1 Å². The Balaban J connectivity index is 1.72. The summed E-state index contributed by atoms with van der Waals surface area (Å²) in [7, 11) is -2.02. The van der Waals surface area contributed by atoms with Crippen LogP contribution in [0.2, 0.25) is 0 Å². The van der Waals surface area contributed by atoms with Gasteiger partial charge in [0.05, 0.1) is 0 Å². The summed E-state index contributed by atoms with van der Waals surface area (Å²) in [5.74, 6) is -0.217. The predicted octanol–water partition coefficient (Wildman–Crippen LogP) is 1.71. The number of hydrogen-bond donors (Lipinski definition) is 2. The fourth-order valence-corrected chi connectivity index (χ4v) is 5.07. The Morgan fingerprint density at radius 3 is 2.40 bits per heavy atom. The smallest absolute Gasteiger partial charge is 0.289 e. The second-order valence-corrected chi connectivity index (χ2v) is 9.77. The molecule has 2 saturated heterocycles. The van der Waals surface area contributed by atoms with Crippen LogP contribution in [0, 0.1) is 0 Å². The van der Waals surface area contributed by atoms with Crippen molar-refractivity contribution in [2.45, 2.75) is 75.2 Å². The Hall–Kier alpha value is -1.38. The van der Waals surface area contributed by atoms with E-state index in [2.05, 4.69) is 10.0 Å². The monoisotopic (exact) mass is 369 g/mol. The second-order valence-electron chi connectivity index (χ2n) is 8.15. The lowest BCUT2D eigenvalue weighted by Crippen LogP contribution is -2.48. The molecule has 1 aromatic rings. The molecule has 2 fully saturated rings. The number of carbonyl (C=O) groups excluding carboxylic acids is 1. The maximum atomic E-state index is 12.7. The van der Waals surface area contributed by atoms with Gasteiger partial charge >= 0.3 is 0 Å². The molecule has 0 aliphatic carbocycles. The molecule has 0 spiro atoms. The molecule has 3 rings (SSSR count). The van der Waals surface area contributed by atoms with Crippen molar-refractivity contribution in [1.82, 2.24) is 14.9 Å². The molecule has 0 aromatic carbocycles. The van der Waals surface area contributed by atoms with Crippen LogP contribution in [-0.4, -0.2) is 49.9 Å². The molecule has 8 heteroatoms. The summed E-state index contributed by atoms with van der Waals surface area (Å²) in [6.45, 7) is 5.25. The number of amides is 1. The molecule has 1 amide bonds. The number of furan rings is 1. The summed E-state index contributed by atoms with van der Waals surface area (Å²) in [6, 6.07) is 3.88. The number of carbonyl (C=O) groups is 1. The van der Waals surface area contributed by atoms with Crippen molar-refractivity contribution in [3.63, 3.8) is 0 Å². The average molecular weight is 369 g/mol. The first-order valence-electron chi connectivity index (χ1n) is 8.72. The fourth-order valence-electron chi connectivity index (χ4n) is 3.72. The van der Waals surface area contributed by atoms with Gasteiger partial charge in [-0.05, 0) is 58.6 Å². The van der Waals surface area contributed by atoms with E-state index < -0.39 is 15.6 Å². The first-order valence-corrected chi connectivity index (χ1v) is 10.2. The molecule has 2 unspecified atom stereocenters. The first-order chi connectivity index (χ1) is 11.5. The van der Waals surface area contributed by atoms with Gasteiger partial charge in [0.2, 0.25) is 5.09 Å². The average Bonchev–Trinajstić information content (AvgIpc) is 3.10. The van der Waals surface area contributed by atoms with Crippen LogP contribution in [0.4, 0.5) is 0 Å². The molecular weight excluding hydrogens is 342 g/mol. The minimum absolute atomic E-state index is 0.0580. The summed E-state index contributed by atoms with van der Waals surface area (Å²) < 4.78 is 32.5. The van der Waals surface area contributed by atoms with Crippen LogP contribution in [-0.2, 0) is 10.0 Å². The van der Waals surface area contributed by atoms with Gasteiger partial charge in [-0.2, -0.15) is 0 Å². The minimum Gasteiger partial charge on any atom is -0.438 e.